The molecule has 1 amide bonds. The summed E-state index contributed by atoms with van der Waals surface area (Å²) < 4.78 is 13.4. The number of imidazole rings is 1. The van der Waals surface area contributed by atoms with Gasteiger partial charge in [0.25, 0.3) is 0 Å². The Hall–Kier alpha value is -3.35. The number of hydrogen-bond acceptors (Lipinski definition) is 5. The van der Waals surface area contributed by atoms with E-state index in [9.17, 15) is 4.79 Å². The number of nitrogens with zero attached hydrogens (tertiary/aromatic N) is 3. The summed E-state index contributed by atoms with van der Waals surface area (Å²) in [5.41, 5.74) is 2.29. The van der Waals surface area contributed by atoms with Crippen LogP contribution in [0.15, 0.2) is 53.1 Å². The van der Waals surface area contributed by atoms with Crippen molar-refractivity contribution < 1.29 is 13.9 Å². The fraction of sp³-hybridized carbons (Fsp3) is 0.286. The van der Waals surface area contributed by atoms with E-state index in [4.69, 9.17) is 9.15 Å². The second kappa shape index (κ2) is 6.99. The van der Waals surface area contributed by atoms with Crippen LogP contribution in [0.2, 0.25) is 0 Å². The molecule has 0 spiro atoms. The molecule has 1 fully saturated rings. The third-order valence-corrected chi connectivity index (χ3v) is 5.14. The monoisotopic (exact) mass is 376 g/mol. The Kier molecular flexibility index (Phi) is 4.20. The first kappa shape index (κ1) is 16.8. The average molecular weight is 376 g/mol. The minimum atomic E-state index is 0.125. The lowest BCUT2D eigenvalue weighted by molar-refractivity contribution is -0.127. The fourth-order valence-electron chi connectivity index (χ4n) is 3.35. The van der Waals surface area contributed by atoms with E-state index in [0.717, 1.165) is 35.9 Å². The number of carbonyl (C=O) groups excluding carboxylic acids is 1. The van der Waals surface area contributed by atoms with Crippen molar-refractivity contribution in [1.82, 2.24) is 19.9 Å². The Balaban J connectivity index is 1.31. The number of rotatable bonds is 6. The summed E-state index contributed by atoms with van der Waals surface area (Å²) >= 11 is 0. The van der Waals surface area contributed by atoms with Crippen molar-refractivity contribution in [3.05, 3.63) is 48.7 Å². The summed E-state index contributed by atoms with van der Waals surface area (Å²) in [6.45, 7) is 0.834. The smallest absolute Gasteiger partial charge is 0.231 e. The zero-order chi connectivity index (χ0) is 18.9. The molecule has 0 saturated heterocycles. The molecule has 7 nitrogen and oxygen atoms in total. The highest BCUT2D eigenvalue weighted by molar-refractivity contribution is 5.82. The highest BCUT2D eigenvalue weighted by Gasteiger charge is 2.24. The Morgan fingerprint density at radius 3 is 2.96 bits per heavy atom. The van der Waals surface area contributed by atoms with Crippen LogP contribution in [0, 0.1) is 5.92 Å². The van der Waals surface area contributed by atoms with Crippen LogP contribution in [0.4, 0.5) is 0 Å². The van der Waals surface area contributed by atoms with E-state index in [1.54, 1.807) is 16.8 Å². The molecule has 1 aliphatic carbocycles. The van der Waals surface area contributed by atoms with Crippen LogP contribution >= 0.6 is 0 Å². The zero-order valence-electron chi connectivity index (χ0n) is 15.3. The van der Waals surface area contributed by atoms with E-state index in [0.29, 0.717) is 30.4 Å². The largest absolute Gasteiger partial charge is 0.475 e. The van der Waals surface area contributed by atoms with Gasteiger partial charge >= 0.3 is 0 Å². The normalized spacial score (nSPS) is 14.3. The van der Waals surface area contributed by atoms with Crippen LogP contribution in [0.5, 0.6) is 5.88 Å². The number of aromatic nitrogens is 3. The third kappa shape index (κ3) is 3.09. The maximum absolute atomic E-state index is 11.8. The SMILES string of the molecule is O=C(NCCOc1ccc2ncc(-c3cc4ccccc4o3)n2n1)C1CCC1. The van der Waals surface area contributed by atoms with Gasteiger partial charge in [-0.3, -0.25) is 4.79 Å². The third-order valence-electron chi connectivity index (χ3n) is 5.14. The molecule has 0 atom stereocenters. The number of ether oxygens (including phenoxy) is 1. The molecular formula is C21H20N4O3. The molecule has 0 bridgehead atoms. The molecule has 7 heteroatoms. The first-order chi connectivity index (χ1) is 13.8. The highest BCUT2D eigenvalue weighted by atomic mass is 16.5. The standard InChI is InChI=1S/C21H20N4O3/c26-21(14-5-3-6-14)22-10-11-27-20-9-8-19-23-13-16(25(19)24-20)18-12-15-4-1-2-7-17(15)28-18/h1-2,4,7-9,12-14H,3,5-6,10-11H2,(H,22,26). The number of amides is 1. The molecule has 4 aromatic rings. The maximum Gasteiger partial charge on any atom is 0.231 e. The summed E-state index contributed by atoms with van der Waals surface area (Å²) in [6.07, 6.45) is 4.88. The van der Waals surface area contributed by atoms with Crippen LogP contribution in [-0.4, -0.2) is 33.7 Å². The number of nitrogens with one attached hydrogen (secondary N) is 1. The molecule has 1 aromatic carbocycles. The van der Waals surface area contributed by atoms with E-state index in [2.05, 4.69) is 15.4 Å². The van der Waals surface area contributed by atoms with E-state index in [-0.39, 0.29) is 11.8 Å². The van der Waals surface area contributed by atoms with Crippen LogP contribution in [0.1, 0.15) is 19.3 Å². The number of para-hydroxylation sites is 1. The van der Waals surface area contributed by atoms with Gasteiger partial charge in [0.05, 0.1) is 12.7 Å². The average Bonchev–Trinajstić information content (AvgIpc) is 3.27. The van der Waals surface area contributed by atoms with Gasteiger partial charge in [-0.1, -0.05) is 24.6 Å². The Labute approximate surface area is 161 Å². The second-order valence-corrected chi connectivity index (χ2v) is 7.00. The summed E-state index contributed by atoms with van der Waals surface area (Å²) in [4.78, 5) is 16.2. The van der Waals surface area contributed by atoms with E-state index < -0.39 is 0 Å². The van der Waals surface area contributed by atoms with E-state index >= 15 is 0 Å². The lowest BCUT2D eigenvalue weighted by Crippen LogP contribution is -2.36. The highest BCUT2D eigenvalue weighted by Crippen LogP contribution is 2.28. The molecule has 0 unspecified atom stereocenters. The van der Waals surface area contributed by atoms with Gasteiger partial charge in [0.1, 0.15) is 17.9 Å². The van der Waals surface area contributed by atoms with E-state index in [1.807, 2.05) is 36.4 Å². The number of fused-ring (bicyclic) bond motifs is 2. The van der Waals surface area contributed by atoms with Crippen LogP contribution in [0.25, 0.3) is 28.1 Å². The number of hydrogen-bond donors (Lipinski definition) is 1. The molecule has 5 rings (SSSR count). The molecule has 28 heavy (non-hydrogen) atoms. The lowest BCUT2D eigenvalue weighted by Gasteiger charge is -2.23. The topological polar surface area (TPSA) is 81.7 Å². The molecule has 0 radical (unpaired) electrons. The molecule has 1 saturated carbocycles. The summed E-state index contributed by atoms with van der Waals surface area (Å²) in [5, 5.41) is 8.46. The number of furan rings is 1. The van der Waals surface area contributed by atoms with Crippen molar-refractivity contribution in [2.24, 2.45) is 5.92 Å². The van der Waals surface area contributed by atoms with Crippen LogP contribution < -0.4 is 10.1 Å². The van der Waals surface area contributed by atoms with Crippen molar-refractivity contribution >= 4 is 22.5 Å². The fourth-order valence-corrected chi connectivity index (χ4v) is 3.35. The van der Waals surface area contributed by atoms with Gasteiger partial charge in [0.15, 0.2) is 11.4 Å². The summed E-state index contributed by atoms with van der Waals surface area (Å²) in [7, 11) is 0. The maximum atomic E-state index is 11.8. The lowest BCUT2D eigenvalue weighted by atomic mass is 9.85. The molecule has 1 aliphatic rings. The van der Waals surface area contributed by atoms with Gasteiger partial charge in [-0.15, -0.1) is 5.10 Å². The molecule has 3 heterocycles. The molecule has 3 aromatic heterocycles. The predicted octanol–water partition coefficient (Wildman–Crippen LogP) is 3.44. The van der Waals surface area contributed by atoms with Crippen LogP contribution in [0.3, 0.4) is 0 Å². The van der Waals surface area contributed by atoms with Crippen molar-refractivity contribution in [2.75, 3.05) is 13.2 Å². The predicted molar refractivity (Wildman–Crippen MR) is 104 cm³/mol. The Bertz CT molecular complexity index is 1110. The molecule has 0 aliphatic heterocycles. The van der Waals surface area contributed by atoms with E-state index in [1.165, 1.54) is 0 Å². The first-order valence-corrected chi connectivity index (χ1v) is 9.52. The zero-order valence-corrected chi connectivity index (χ0v) is 15.3. The second-order valence-electron chi connectivity index (χ2n) is 7.00. The Morgan fingerprint density at radius 2 is 2.14 bits per heavy atom. The minimum Gasteiger partial charge on any atom is -0.475 e. The van der Waals surface area contributed by atoms with Crippen molar-refractivity contribution in [3.8, 4) is 17.3 Å². The quantitative estimate of drug-likeness (QED) is 0.521. The van der Waals surface area contributed by atoms with Gasteiger partial charge in [0, 0.05) is 17.4 Å². The summed E-state index contributed by atoms with van der Waals surface area (Å²) in [5.74, 6) is 1.48. The van der Waals surface area contributed by atoms with Crippen LogP contribution in [-0.2, 0) is 4.79 Å². The number of carbonyl (C=O) groups is 1. The molecular weight excluding hydrogens is 356 g/mol. The van der Waals surface area contributed by atoms with Crippen molar-refractivity contribution in [2.45, 2.75) is 19.3 Å². The van der Waals surface area contributed by atoms with Crippen molar-refractivity contribution in [1.29, 1.82) is 0 Å². The van der Waals surface area contributed by atoms with Gasteiger partial charge in [0.2, 0.25) is 11.8 Å². The molecule has 1 N–H and O–H groups in total. The molecule has 142 valence electrons. The van der Waals surface area contributed by atoms with Crippen molar-refractivity contribution in [3.63, 3.8) is 0 Å². The van der Waals surface area contributed by atoms with Gasteiger partial charge in [-0.05, 0) is 31.0 Å². The Morgan fingerprint density at radius 1 is 1.25 bits per heavy atom. The van der Waals surface area contributed by atoms with Gasteiger partial charge < -0.3 is 14.5 Å². The summed E-state index contributed by atoms with van der Waals surface area (Å²) in [6, 6.07) is 13.5. The van der Waals surface area contributed by atoms with Gasteiger partial charge in [-0.25, -0.2) is 9.50 Å². The van der Waals surface area contributed by atoms with Gasteiger partial charge in [-0.2, -0.15) is 0 Å². The minimum absolute atomic E-state index is 0.125. The number of benzene rings is 1. The first-order valence-electron chi connectivity index (χ1n) is 9.52.